The highest BCUT2D eigenvalue weighted by molar-refractivity contribution is 6.30. The zero-order chi connectivity index (χ0) is 26.8. The van der Waals surface area contributed by atoms with Gasteiger partial charge in [-0.25, -0.2) is 18.0 Å². The number of carbonyl (C=O) groups is 1. The smallest absolute Gasteiger partial charge is 0.322 e. The second kappa shape index (κ2) is 10.6. The van der Waals surface area contributed by atoms with Crippen molar-refractivity contribution in [1.82, 2.24) is 4.90 Å². The van der Waals surface area contributed by atoms with Crippen molar-refractivity contribution in [3.05, 3.63) is 124 Å². The topological polar surface area (TPSA) is 45.5 Å². The second-order valence-electron chi connectivity index (χ2n) is 8.92. The fourth-order valence-corrected chi connectivity index (χ4v) is 4.45. The van der Waals surface area contributed by atoms with Crippen LogP contribution in [0.3, 0.4) is 0 Å². The number of nitrogens with zero attached hydrogens (tertiary/aromatic N) is 1. The zero-order valence-corrected chi connectivity index (χ0v) is 21.0. The summed E-state index contributed by atoms with van der Waals surface area (Å²) < 4.78 is 48.3. The van der Waals surface area contributed by atoms with E-state index in [9.17, 15) is 18.0 Å². The first-order valence-corrected chi connectivity index (χ1v) is 12.2. The van der Waals surface area contributed by atoms with Gasteiger partial charge < -0.3 is 14.6 Å². The van der Waals surface area contributed by atoms with E-state index in [0.29, 0.717) is 28.5 Å². The Bertz CT molecular complexity index is 1600. The molecule has 4 aromatic carbocycles. The standard InChI is InChI=1S/C30H22ClF3N2O2/c1-18-7-12-23-26(13-18)38-27(28(23)20-8-10-21(31)11-9-20)17-36(16-19-5-3-2-4-6-19)30(37)35-29-24(33)14-22(32)15-25(29)34/h2-15H,16-17H2,1H3,(H,35,37). The molecular weight excluding hydrogens is 513 g/mol. The maximum absolute atomic E-state index is 14.3. The lowest BCUT2D eigenvalue weighted by atomic mass is 10.0. The Kier molecular flexibility index (Phi) is 7.11. The molecule has 5 aromatic rings. The molecule has 4 nitrogen and oxygen atoms in total. The van der Waals surface area contributed by atoms with Crippen LogP contribution in [0.2, 0.25) is 5.02 Å². The molecule has 0 aliphatic rings. The fourth-order valence-electron chi connectivity index (χ4n) is 4.32. The van der Waals surface area contributed by atoms with Gasteiger partial charge in [0.2, 0.25) is 0 Å². The molecule has 0 bridgehead atoms. The highest BCUT2D eigenvalue weighted by Gasteiger charge is 2.24. The van der Waals surface area contributed by atoms with E-state index in [-0.39, 0.29) is 13.1 Å². The third-order valence-corrected chi connectivity index (χ3v) is 6.38. The predicted octanol–water partition coefficient (Wildman–Crippen LogP) is 8.71. The molecule has 192 valence electrons. The van der Waals surface area contributed by atoms with Gasteiger partial charge in [-0.2, -0.15) is 0 Å². The summed E-state index contributed by atoms with van der Waals surface area (Å²) in [5, 5.41) is 3.69. The van der Waals surface area contributed by atoms with Crippen LogP contribution in [0.15, 0.2) is 89.3 Å². The summed E-state index contributed by atoms with van der Waals surface area (Å²) in [6, 6.07) is 22.5. The van der Waals surface area contributed by atoms with Crippen molar-refractivity contribution in [3.63, 3.8) is 0 Å². The van der Waals surface area contributed by atoms with E-state index < -0.39 is 29.2 Å². The highest BCUT2D eigenvalue weighted by Crippen LogP contribution is 2.37. The zero-order valence-electron chi connectivity index (χ0n) is 20.3. The lowest BCUT2D eigenvalue weighted by Crippen LogP contribution is -2.34. The van der Waals surface area contributed by atoms with Gasteiger partial charge in [-0.05, 0) is 41.8 Å². The van der Waals surface area contributed by atoms with Crippen molar-refractivity contribution in [3.8, 4) is 11.1 Å². The Balaban J connectivity index is 1.57. The first-order chi connectivity index (χ1) is 18.3. The Morgan fingerprint density at radius 2 is 1.58 bits per heavy atom. The number of carbonyl (C=O) groups excluding carboxylic acids is 1. The summed E-state index contributed by atoms with van der Waals surface area (Å²) in [5.41, 5.74) is 3.32. The first kappa shape index (κ1) is 25.4. The van der Waals surface area contributed by atoms with Gasteiger partial charge in [0.05, 0.1) is 6.54 Å². The minimum atomic E-state index is -1.21. The molecule has 0 atom stereocenters. The lowest BCUT2D eigenvalue weighted by molar-refractivity contribution is 0.201. The van der Waals surface area contributed by atoms with Crippen molar-refractivity contribution in [1.29, 1.82) is 0 Å². The van der Waals surface area contributed by atoms with Crippen molar-refractivity contribution in [2.75, 3.05) is 5.32 Å². The van der Waals surface area contributed by atoms with Gasteiger partial charge in [0.25, 0.3) is 0 Å². The van der Waals surface area contributed by atoms with E-state index >= 15 is 0 Å². The van der Waals surface area contributed by atoms with Gasteiger partial charge in [-0.15, -0.1) is 0 Å². The summed E-state index contributed by atoms with van der Waals surface area (Å²) in [4.78, 5) is 14.8. The van der Waals surface area contributed by atoms with Crippen LogP contribution in [-0.2, 0) is 13.1 Å². The number of nitrogens with one attached hydrogen (secondary N) is 1. The van der Waals surface area contributed by atoms with E-state index in [1.807, 2.05) is 67.6 Å². The van der Waals surface area contributed by atoms with E-state index in [4.69, 9.17) is 16.0 Å². The third kappa shape index (κ3) is 5.38. The molecule has 0 unspecified atom stereocenters. The normalized spacial score (nSPS) is 11.1. The van der Waals surface area contributed by atoms with E-state index in [1.165, 1.54) is 4.90 Å². The van der Waals surface area contributed by atoms with Crippen LogP contribution in [-0.4, -0.2) is 10.9 Å². The van der Waals surface area contributed by atoms with Crippen LogP contribution in [0, 0.1) is 24.4 Å². The molecule has 1 heterocycles. The average molecular weight is 535 g/mol. The molecule has 0 spiro atoms. The van der Waals surface area contributed by atoms with Crippen molar-refractivity contribution in [2.45, 2.75) is 20.0 Å². The number of hydrogen-bond donors (Lipinski definition) is 1. The predicted molar refractivity (Wildman–Crippen MR) is 142 cm³/mol. The van der Waals surface area contributed by atoms with Gasteiger partial charge in [0.15, 0.2) is 11.6 Å². The first-order valence-electron chi connectivity index (χ1n) is 11.8. The summed E-state index contributed by atoms with van der Waals surface area (Å²) in [6.07, 6.45) is 0. The Hall–Kier alpha value is -4.23. The Morgan fingerprint density at radius 1 is 0.895 bits per heavy atom. The maximum atomic E-state index is 14.3. The average Bonchev–Trinajstić information content (AvgIpc) is 3.23. The fraction of sp³-hybridized carbons (Fsp3) is 0.100. The highest BCUT2D eigenvalue weighted by atomic mass is 35.5. The molecule has 1 aromatic heterocycles. The molecule has 1 N–H and O–H groups in total. The number of aryl methyl sites for hydroxylation is 1. The van der Waals surface area contributed by atoms with Crippen molar-refractivity contribution in [2.24, 2.45) is 0 Å². The molecule has 0 radical (unpaired) electrons. The van der Waals surface area contributed by atoms with Crippen LogP contribution < -0.4 is 5.32 Å². The Labute approximate surface area is 222 Å². The summed E-state index contributed by atoms with van der Waals surface area (Å²) in [6.45, 7) is 2.05. The van der Waals surface area contributed by atoms with Crippen LogP contribution in [0.1, 0.15) is 16.9 Å². The second-order valence-corrected chi connectivity index (χ2v) is 9.36. The number of hydrogen-bond acceptors (Lipinski definition) is 2. The van der Waals surface area contributed by atoms with Crippen molar-refractivity contribution < 1.29 is 22.4 Å². The van der Waals surface area contributed by atoms with Gasteiger partial charge >= 0.3 is 6.03 Å². The molecule has 8 heteroatoms. The molecule has 0 saturated carbocycles. The Morgan fingerprint density at radius 3 is 2.26 bits per heavy atom. The van der Waals surface area contributed by atoms with Crippen LogP contribution >= 0.6 is 11.6 Å². The van der Waals surface area contributed by atoms with Gasteiger partial charge in [-0.3, -0.25) is 0 Å². The number of amides is 2. The largest absolute Gasteiger partial charge is 0.458 e. The molecule has 0 saturated heterocycles. The lowest BCUT2D eigenvalue weighted by Gasteiger charge is -2.23. The number of halogens is 4. The molecular formula is C30H22ClF3N2O2. The van der Waals surface area contributed by atoms with Crippen LogP contribution in [0.25, 0.3) is 22.1 Å². The molecule has 0 aliphatic carbocycles. The SMILES string of the molecule is Cc1ccc2c(-c3ccc(Cl)cc3)c(CN(Cc3ccccc3)C(=O)Nc3c(F)cc(F)cc3F)oc2c1. The van der Waals surface area contributed by atoms with E-state index in [0.717, 1.165) is 27.6 Å². The third-order valence-electron chi connectivity index (χ3n) is 6.13. The number of anilines is 1. The molecule has 0 fully saturated rings. The van der Waals surface area contributed by atoms with Gasteiger partial charge in [-0.1, -0.05) is 66.2 Å². The van der Waals surface area contributed by atoms with E-state index in [1.54, 1.807) is 12.1 Å². The molecule has 38 heavy (non-hydrogen) atoms. The summed E-state index contributed by atoms with van der Waals surface area (Å²) in [5.74, 6) is -3.02. The monoisotopic (exact) mass is 534 g/mol. The van der Waals surface area contributed by atoms with Crippen LogP contribution in [0.4, 0.5) is 23.7 Å². The van der Waals surface area contributed by atoms with Crippen molar-refractivity contribution >= 4 is 34.3 Å². The van der Waals surface area contributed by atoms with Gasteiger partial charge in [0.1, 0.15) is 22.8 Å². The van der Waals surface area contributed by atoms with Gasteiger partial charge in [0, 0.05) is 34.6 Å². The number of benzene rings is 4. The number of furan rings is 1. The van der Waals surface area contributed by atoms with E-state index in [2.05, 4.69) is 5.32 Å². The number of fused-ring (bicyclic) bond motifs is 1. The van der Waals surface area contributed by atoms with Crippen LogP contribution in [0.5, 0.6) is 0 Å². The quantitative estimate of drug-likeness (QED) is 0.237. The molecule has 0 aliphatic heterocycles. The molecule has 2 amide bonds. The number of rotatable bonds is 6. The molecule has 5 rings (SSSR count). The summed E-state index contributed by atoms with van der Waals surface area (Å²) in [7, 11) is 0. The summed E-state index contributed by atoms with van der Waals surface area (Å²) >= 11 is 6.11. The maximum Gasteiger partial charge on any atom is 0.322 e. The minimum absolute atomic E-state index is 0.0170. The minimum Gasteiger partial charge on any atom is -0.458 e. The number of urea groups is 1.